The zero-order valence-electron chi connectivity index (χ0n) is 14.1. The van der Waals surface area contributed by atoms with Gasteiger partial charge in [-0.3, -0.25) is 4.98 Å². The van der Waals surface area contributed by atoms with Gasteiger partial charge < -0.3 is 14.7 Å². The summed E-state index contributed by atoms with van der Waals surface area (Å²) >= 11 is 0. The van der Waals surface area contributed by atoms with Crippen LogP contribution < -0.4 is 4.90 Å². The van der Waals surface area contributed by atoms with Gasteiger partial charge in [0.2, 0.25) is 0 Å². The van der Waals surface area contributed by atoms with Gasteiger partial charge >= 0.3 is 0 Å². The minimum Gasteiger partial charge on any atom is -0.396 e. The molecule has 3 rings (SSSR count). The number of nitrogens with zero attached hydrogens (tertiary/aromatic N) is 4. The molecule has 2 aromatic rings. The summed E-state index contributed by atoms with van der Waals surface area (Å²) in [7, 11) is 0. The van der Waals surface area contributed by atoms with Crippen LogP contribution in [0.4, 0.5) is 5.82 Å². The highest BCUT2D eigenvalue weighted by Gasteiger charge is 2.21. The third-order valence-electron chi connectivity index (χ3n) is 4.23. The van der Waals surface area contributed by atoms with E-state index in [1.54, 1.807) is 12.4 Å². The first kappa shape index (κ1) is 16.8. The van der Waals surface area contributed by atoms with Crippen molar-refractivity contribution < 1.29 is 9.84 Å². The number of anilines is 1. The maximum absolute atomic E-state index is 9.22. The summed E-state index contributed by atoms with van der Waals surface area (Å²) in [6, 6.07) is 6.09. The van der Waals surface area contributed by atoms with Gasteiger partial charge in [-0.25, -0.2) is 9.97 Å². The van der Waals surface area contributed by atoms with E-state index in [0.717, 1.165) is 50.1 Å². The Morgan fingerprint density at radius 2 is 2.12 bits per heavy atom. The van der Waals surface area contributed by atoms with Crippen molar-refractivity contribution in [3.8, 4) is 0 Å². The zero-order valence-corrected chi connectivity index (χ0v) is 14.1. The van der Waals surface area contributed by atoms with Gasteiger partial charge in [-0.2, -0.15) is 0 Å². The van der Waals surface area contributed by atoms with Crippen molar-refractivity contribution in [3.63, 3.8) is 0 Å². The van der Waals surface area contributed by atoms with E-state index in [1.165, 1.54) is 5.56 Å². The molecule has 0 aromatic carbocycles. The quantitative estimate of drug-likeness (QED) is 0.839. The van der Waals surface area contributed by atoms with E-state index in [2.05, 4.69) is 25.9 Å². The maximum atomic E-state index is 9.22. The molecule has 24 heavy (non-hydrogen) atoms. The Hall–Kier alpha value is -2.05. The van der Waals surface area contributed by atoms with Crippen LogP contribution in [0.3, 0.4) is 0 Å². The molecular weight excluding hydrogens is 304 g/mol. The fraction of sp³-hybridized carbons (Fsp3) is 0.500. The van der Waals surface area contributed by atoms with E-state index >= 15 is 0 Å². The number of rotatable bonds is 7. The maximum Gasteiger partial charge on any atom is 0.132 e. The molecule has 2 aromatic heterocycles. The summed E-state index contributed by atoms with van der Waals surface area (Å²) in [6.45, 7) is 5.11. The molecule has 0 unspecified atom stereocenters. The Balaban J connectivity index is 1.85. The lowest BCUT2D eigenvalue weighted by atomic mass is 10.0. The van der Waals surface area contributed by atoms with Gasteiger partial charge in [0.25, 0.3) is 0 Å². The number of hydrogen-bond acceptors (Lipinski definition) is 6. The van der Waals surface area contributed by atoms with Gasteiger partial charge in [0.1, 0.15) is 11.6 Å². The van der Waals surface area contributed by atoms with Crippen LogP contribution in [0.1, 0.15) is 35.8 Å². The highest BCUT2D eigenvalue weighted by molar-refractivity contribution is 5.41. The standard InChI is InChI=1S/C18H24N4O2/c1-14-20-17(16-5-10-24-13-16)11-18(21-14)22(8-2-9-23)12-15-3-6-19-7-4-15/h3-4,6-7,11,16,23H,2,5,8-10,12-13H2,1H3/t16-/m0/s1. The van der Waals surface area contributed by atoms with Crippen molar-refractivity contribution in [2.45, 2.75) is 32.2 Å². The van der Waals surface area contributed by atoms with Crippen LogP contribution >= 0.6 is 0 Å². The fourth-order valence-electron chi connectivity index (χ4n) is 2.96. The highest BCUT2D eigenvalue weighted by Crippen LogP contribution is 2.26. The monoisotopic (exact) mass is 328 g/mol. The van der Waals surface area contributed by atoms with Crippen molar-refractivity contribution >= 4 is 5.82 Å². The Kier molecular flexibility index (Phi) is 5.72. The van der Waals surface area contributed by atoms with Crippen molar-refractivity contribution in [1.82, 2.24) is 15.0 Å². The van der Waals surface area contributed by atoms with Crippen LogP contribution in [0.15, 0.2) is 30.6 Å². The Bertz CT molecular complexity index is 645. The number of pyridine rings is 1. The van der Waals surface area contributed by atoms with E-state index in [0.29, 0.717) is 12.3 Å². The molecule has 1 aliphatic rings. The number of ether oxygens (including phenoxy) is 1. The molecule has 1 fully saturated rings. The van der Waals surface area contributed by atoms with Gasteiger partial charge in [0.05, 0.1) is 12.3 Å². The van der Waals surface area contributed by atoms with Crippen LogP contribution in [-0.2, 0) is 11.3 Å². The number of hydrogen-bond donors (Lipinski definition) is 1. The second-order valence-electron chi connectivity index (χ2n) is 6.11. The molecule has 1 saturated heterocycles. The lowest BCUT2D eigenvalue weighted by Crippen LogP contribution is -2.26. The van der Waals surface area contributed by atoms with Crippen molar-refractivity contribution in [3.05, 3.63) is 47.7 Å². The third kappa shape index (κ3) is 4.27. The van der Waals surface area contributed by atoms with Crippen molar-refractivity contribution in [2.75, 3.05) is 31.3 Å². The normalized spacial score (nSPS) is 17.2. The SMILES string of the molecule is Cc1nc([C@H]2CCOC2)cc(N(CCCO)Cc2ccncc2)n1. The third-order valence-corrected chi connectivity index (χ3v) is 4.23. The molecular formula is C18H24N4O2. The van der Waals surface area contributed by atoms with Crippen LogP contribution in [0.5, 0.6) is 0 Å². The Morgan fingerprint density at radius 3 is 2.83 bits per heavy atom. The number of aliphatic hydroxyl groups excluding tert-OH is 1. The molecule has 1 aliphatic heterocycles. The minimum atomic E-state index is 0.167. The van der Waals surface area contributed by atoms with E-state index in [9.17, 15) is 5.11 Å². The van der Waals surface area contributed by atoms with Crippen molar-refractivity contribution in [2.24, 2.45) is 0 Å². The molecule has 0 aliphatic carbocycles. The van der Waals surface area contributed by atoms with Crippen LogP contribution in [0.2, 0.25) is 0 Å². The minimum absolute atomic E-state index is 0.167. The summed E-state index contributed by atoms with van der Waals surface area (Å²) in [5.74, 6) is 2.04. The van der Waals surface area contributed by atoms with Gasteiger partial charge in [-0.15, -0.1) is 0 Å². The van der Waals surface area contributed by atoms with Gasteiger partial charge in [-0.05, 0) is 37.5 Å². The molecule has 6 heteroatoms. The lowest BCUT2D eigenvalue weighted by Gasteiger charge is -2.25. The molecule has 0 radical (unpaired) electrons. The number of aromatic nitrogens is 3. The van der Waals surface area contributed by atoms with Gasteiger partial charge in [0.15, 0.2) is 0 Å². The van der Waals surface area contributed by atoms with Crippen LogP contribution in [-0.4, -0.2) is 46.4 Å². The topological polar surface area (TPSA) is 71.4 Å². The lowest BCUT2D eigenvalue weighted by molar-refractivity contribution is 0.193. The van der Waals surface area contributed by atoms with E-state index in [-0.39, 0.29) is 6.61 Å². The number of aryl methyl sites for hydroxylation is 1. The zero-order chi connectivity index (χ0) is 16.8. The van der Waals surface area contributed by atoms with Gasteiger partial charge in [0, 0.05) is 50.7 Å². The summed E-state index contributed by atoms with van der Waals surface area (Å²) in [4.78, 5) is 15.5. The highest BCUT2D eigenvalue weighted by atomic mass is 16.5. The first-order valence-corrected chi connectivity index (χ1v) is 8.44. The molecule has 3 heterocycles. The van der Waals surface area contributed by atoms with E-state index < -0.39 is 0 Å². The molecule has 0 amide bonds. The molecule has 0 bridgehead atoms. The predicted octanol–water partition coefficient (Wildman–Crippen LogP) is 2.07. The predicted molar refractivity (Wildman–Crippen MR) is 91.9 cm³/mol. The Morgan fingerprint density at radius 1 is 1.29 bits per heavy atom. The summed E-state index contributed by atoms with van der Waals surface area (Å²) < 4.78 is 5.50. The van der Waals surface area contributed by atoms with Gasteiger partial charge in [-0.1, -0.05) is 0 Å². The number of aliphatic hydroxyl groups is 1. The smallest absolute Gasteiger partial charge is 0.132 e. The first-order chi connectivity index (χ1) is 11.8. The fourth-order valence-corrected chi connectivity index (χ4v) is 2.96. The summed E-state index contributed by atoms with van der Waals surface area (Å²) in [5.41, 5.74) is 2.23. The molecule has 1 atom stereocenters. The second kappa shape index (κ2) is 8.17. The van der Waals surface area contributed by atoms with E-state index in [1.807, 2.05) is 19.1 Å². The largest absolute Gasteiger partial charge is 0.396 e. The average molecular weight is 328 g/mol. The molecule has 0 saturated carbocycles. The molecule has 0 spiro atoms. The second-order valence-corrected chi connectivity index (χ2v) is 6.11. The molecule has 6 nitrogen and oxygen atoms in total. The van der Waals surface area contributed by atoms with Crippen molar-refractivity contribution in [1.29, 1.82) is 0 Å². The molecule has 1 N–H and O–H groups in total. The Labute approximate surface area is 142 Å². The molecule has 128 valence electrons. The van der Waals surface area contributed by atoms with E-state index in [4.69, 9.17) is 4.74 Å². The summed E-state index contributed by atoms with van der Waals surface area (Å²) in [5, 5.41) is 9.22. The average Bonchev–Trinajstić information content (AvgIpc) is 3.13. The first-order valence-electron chi connectivity index (χ1n) is 8.44. The summed E-state index contributed by atoms with van der Waals surface area (Å²) in [6.07, 6.45) is 5.31. The van der Waals surface area contributed by atoms with Crippen LogP contribution in [0.25, 0.3) is 0 Å². The van der Waals surface area contributed by atoms with Crippen LogP contribution in [0, 0.1) is 6.92 Å².